The Balaban J connectivity index is 1.67. The first kappa shape index (κ1) is 14.1. The van der Waals surface area contributed by atoms with Crippen molar-refractivity contribution in [2.45, 2.75) is 32.1 Å². The molecule has 3 heteroatoms. The van der Waals surface area contributed by atoms with E-state index in [0.717, 1.165) is 35.0 Å². The number of anilines is 1. The number of H-pyrrole nitrogens is 1. The van der Waals surface area contributed by atoms with Gasteiger partial charge in [-0.3, -0.25) is 4.79 Å². The number of aryl methyl sites for hydroxylation is 2. The van der Waals surface area contributed by atoms with Gasteiger partial charge in [-0.2, -0.15) is 0 Å². The van der Waals surface area contributed by atoms with Crippen LogP contribution < -0.4 is 5.32 Å². The Labute approximate surface area is 135 Å². The molecule has 0 bridgehead atoms. The molecule has 0 radical (unpaired) electrons. The van der Waals surface area contributed by atoms with Gasteiger partial charge in [-0.05, 0) is 50.5 Å². The van der Waals surface area contributed by atoms with Gasteiger partial charge in [0.15, 0.2) is 0 Å². The maximum Gasteiger partial charge on any atom is 0.235 e. The number of hydrogen-bond donors (Lipinski definition) is 2. The minimum absolute atomic E-state index is 0.108. The van der Waals surface area contributed by atoms with E-state index in [-0.39, 0.29) is 11.3 Å². The highest BCUT2D eigenvalue weighted by Gasteiger charge is 2.51. The van der Waals surface area contributed by atoms with Crippen LogP contribution in [-0.4, -0.2) is 10.9 Å². The molecule has 3 aromatic rings. The Morgan fingerprint density at radius 1 is 1.09 bits per heavy atom. The highest BCUT2D eigenvalue weighted by molar-refractivity contribution is 6.06. The molecule has 1 aliphatic rings. The highest BCUT2D eigenvalue weighted by Crippen LogP contribution is 2.49. The summed E-state index contributed by atoms with van der Waals surface area (Å²) in [6, 6.07) is 14.4. The molecule has 0 saturated heterocycles. The van der Waals surface area contributed by atoms with Crippen LogP contribution >= 0.6 is 0 Å². The normalized spacial score (nSPS) is 15.6. The fourth-order valence-electron chi connectivity index (χ4n) is 3.46. The van der Waals surface area contributed by atoms with E-state index in [9.17, 15) is 4.79 Å². The molecule has 0 spiro atoms. The molecule has 0 aliphatic heterocycles. The van der Waals surface area contributed by atoms with Gasteiger partial charge in [0.05, 0.1) is 11.1 Å². The summed E-state index contributed by atoms with van der Waals surface area (Å²) in [5.41, 5.74) is 5.14. The average molecular weight is 304 g/mol. The Morgan fingerprint density at radius 3 is 2.52 bits per heavy atom. The van der Waals surface area contributed by atoms with E-state index >= 15 is 0 Å². The molecule has 1 aliphatic carbocycles. The Morgan fingerprint density at radius 2 is 1.83 bits per heavy atom. The van der Waals surface area contributed by atoms with Crippen LogP contribution in [0.2, 0.25) is 0 Å². The summed E-state index contributed by atoms with van der Waals surface area (Å²) in [5.74, 6) is 0.108. The standard InChI is InChI=1S/C20H20N2O/c1-13-10-14(2)12-15(11-13)20(7-8-20)19(23)22-18-5-3-4-17-16(18)6-9-21-17/h3-6,9-12,21H,7-8H2,1-2H3,(H,22,23). The molecule has 1 aromatic heterocycles. The SMILES string of the molecule is Cc1cc(C)cc(C2(C(=O)Nc3cccc4[nH]ccc34)CC2)c1. The van der Waals surface area contributed by atoms with Crippen molar-refractivity contribution in [2.24, 2.45) is 0 Å². The number of amides is 1. The number of rotatable bonds is 3. The molecule has 1 heterocycles. The monoisotopic (exact) mass is 304 g/mol. The second-order valence-electron chi connectivity index (χ2n) is 6.66. The lowest BCUT2D eigenvalue weighted by atomic mass is 9.92. The van der Waals surface area contributed by atoms with Crippen LogP contribution in [0.25, 0.3) is 10.9 Å². The maximum absolute atomic E-state index is 13.0. The van der Waals surface area contributed by atoms with E-state index in [4.69, 9.17) is 0 Å². The van der Waals surface area contributed by atoms with E-state index in [1.165, 1.54) is 11.1 Å². The van der Waals surface area contributed by atoms with Crippen molar-refractivity contribution in [1.82, 2.24) is 4.98 Å². The van der Waals surface area contributed by atoms with Crippen molar-refractivity contribution in [1.29, 1.82) is 0 Å². The Hall–Kier alpha value is -2.55. The number of hydrogen-bond acceptors (Lipinski definition) is 1. The van der Waals surface area contributed by atoms with Crippen LogP contribution in [0.1, 0.15) is 29.5 Å². The second kappa shape index (κ2) is 4.98. The van der Waals surface area contributed by atoms with Crippen LogP contribution in [0.15, 0.2) is 48.7 Å². The van der Waals surface area contributed by atoms with E-state index in [0.29, 0.717) is 0 Å². The van der Waals surface area contributed by atoms with Crippen molar-refractivity contribution in [3.8, 4) is 0 Å². The summed E-state index contributed by atoms with van der Waals surface area (Å²) in [6.45, 7) is 4.18. The fourth-order valence-corrected chi connectivity index (χ4v) is 3.46. The molecule has 1 amide bonds. The largest absolute Gasteiger partial charge is 0.361 e. The minimum Gasteiger partial charge on any atom is -0.361 e. The second-order valence-corrected chi connectivity index (χ2v) is 6.66. The molecule has 1 fully saturated rings. The summed E-state index contributed by atoms with van der Waals surface area (Å²) < 4.78 is 0. The van der Waals surface area contributed by atoms with Gasteiger partial charge in [-0.25, -0.2) is 0 Å². The first-order valence-electron chi connectivity index (χ1n) is 8.05. The smallest absolute Gasteiger partial charge is 0.235 e. The molecule has 4 rings (SSSR count). The molecule has 2 aromatic carbocycles. The fraction of sp³-hybridized carbons (Fsp3) is 0.250. The summed E-state index contributed by atoms with van der Waals surface area (Å²) >= 11 is 0. The summed E-state index contributed by atoms with van der Waals surface area (Å²) in [5, 5.41) is 4.21. The molecular formula is C20H20N2O. The third kappa shape index (κ3) is 2.33. The molecule has 0 unspecified atom stereocenters. The molecule has 0 atom stereocenters. The van der Waals surface area contributed by atoms with Gasteiger partial charge in [-0.1, -0.05) is 35.4 Å². The van der Waals surface area contributed by atoms with E-state index in [1.807, 2.05) is 30.5 Å². The van der Waals surface area contributed by atoms with Gasteiger partial charge in [0, 0.05) is 17.1 Å². The van der Waals surface area contributed by atoms with Gasteiger partial charge in [-0.15, -0.1) is 0 Å². The number of benzene rings is 2. The van der Waals surface area contributed by atoms with Crippen molar-refractivity contribution < 1.29 is 4.79 Å². The molecule has 2 N–H and O–H groups in total. The average Bonchev–Trinajstić information content (AvgIpc) is 3.18. The van der Waals surface area contributed by atoms with Gasteiger partial charge in [0.2, 0.25) is 5.91 Å². The minimum atomic E-state index is -0.352. The highest BCUT2D eigenvalue weighted by atomic mass is 16.2. The zero-order valence-corrected chi connectivity index (χ0v) is 13.4. The number of carbonyl (C=O) groups is 1. The van der Waals surface area contributed by atoms with Gasteiger partial charge in [0.1, 0.15) is 0 Å². The number of nitrogens with one attached hydrogen (secondary N) is 2. The lowest BCUT2D eigenvalue weighted by Gasteiger charge is -2.17. The van der Waals surface area contributed by atoms with Crippen LogP contribution in [0, 0.1) is 13.8 Å². The van der Waals surface area contributed by atoms with E-state index < -0.39 is 0 Å². The molecule has 1 saturated carbocycles. The quantitative estimate of drug-likeness (QED) is 0.737. The van der Waals surface area contributed by atoms with Crippen molar-refractivity contribution in [3.63, 3.8) is 0 Å². The third-order valence-electron chi connectivity index (χ3n) is 4.80. The van der Waals surface area contributed by atoms with E-state index in [2.05, 4.69) is 42.3 Å². The van der Waals surface area contributed by atoms with Crippen molar-refractivity contribution >= 4 is 22.5 Å². The lowest BCUT2D eigenvalue weighted by molar-refractivity contribution is -0.118. The van der Waals surface area contributed by atoms with Crippen LogP contribution in [0.3, 0.4) is 0 Å². The predicted molar refractivity (Wildman–Crippen MR) is 93.8 cm³/mol. The van der Waals surface area contributed by atoms with Gasteiger partial charge in [0.25, 0.3) is 0 Å². The zero-order chi connectivity index (χ0) is 16.0. The van der Waals surface area contributed by atoms with Gasteiger partial charge >= 0.3 is 0 Å². The Kier molecular flexibility index (Phi) is 3.05. The maximum atomic E-state index is 13.0. The lowest BCUT2D eigenvalue weighted by Crippen LogP contribution is -2.28. The first-order chi connectivity index (χ1) is 11.1. The number of carbonyl (C=O) groups excluding carboxylic acids is 1. The summed E-state index contributed by atoms with van der Waals surface area (Å²) in [6.07, 6.45) is 3.74. The third-order valence-corrected chi connectivity index (χ3v) is 4.80. The van der Waals surface area contributed by atoms with Crippen molar-refractivity contribution in [3.05, 3.63) is 65.4 Å². The van der Waals surface area contributed by atoms with Crippen LogP contribution in [-0.2, 0) is 10.2 Å². The van der Waals surface area contributed by atoms with Crippen LogP contribution in [0.5, 0.6) is 0 Å². The summed E-state index contributed by atoms with van der Waals surface area (Å²) in [7, 11) is 0. The van der Waals surface area contributed by atoms with Gasteiger partial charge < -0.3 is 10.3 Å². The van der Waals surface area contributed by atoms with Crippen LogP contribution in [0.4, 0.5) is 5.69 Å². The summed E-state index contributed by atoms with van der Waals surface area (Å²) in [4.78, 5) is 16.1. The first-order valence-corrected chi connectivity index (χ1v) is 8.05. The topological polar surface area (TPSA) is 44.9 Å². The molecular weight excluding hydrogens is 284 g/mol. The zero-order valence-electron chi connectivity index (χ0n) is 13.4. The number of fused-ring (bicyclic) bond motifs is 1. The molecule has 3 nitrogen and oxygen atoms in total. The van der Waals surface area contributed by atoms with E-state index in [1.54, 1.807) is 0 Å². The van der Waals surface area contributed by atoms with Crippen molar-refractivity contribution in [2.75, 3.05) is 5.32 Å². The molecule has 116 valence electrons. The number of aromatic amines is 1. The Bertz CT molecular complexity index is 883. The number of aromatic nitrogens is 1. The molecule has 23 heavy (non-hydrogen) atoms. The predicted octanol–water partition coefficient (Wildman–Crippen LogP) is 4.46.